The van der Waals surface area contributed by atoms with Crippen molar-refractivity contribution in [3.8, 4) is 0 Å². The average molecular weight is 420 g/mol. The molecule has 6 nitrogen and oxygen atoms in total. The first kappa shape index (κ1) is 20.2. The number of halogens is 2. The second-order valence-corrected chi connectivity index (χ2v) is 7.18. The van der Waals surface area contributed by atoms with E-state index in [9.17, 15) is 14.4 Å². The fourth-order valence-corrected chi connectivity index (χ4v) is 3.37. The summed E-state index contributed by atoms with van der Waals surface area (Å²) in [5, 5.41) is 6.34. The smallest absolute Gasteiger partial charge is 0.252 e. The Balaban J connectivity index is 1.46. The van der Waals surface area contributed by atoms with Crippen molar-refractivity contribution in [2.24, 2.45) is 5.92 Å². The topological polar surface area (TPSA) is 78.5 Å². The van der Waals surface area contributed by atoms with Gasteiger partial charge in [-0.05, 0) is 42.8 Å². The van der Waals surface area contributed by atoms with Gasteiger partial charge in [0.1, 0.15) is 5.92 Å². The molecular weight excluding hydrogens is 401 g/mol. The number of amides is 3. The maximum absolute atomic E-state index is 12.5. The number of rotatable bonds is 6. The minimum atomic E-state index is -0.727. The molecule has 2 N–H and O–H groups in total. The fourth-order valence-electron chi connectivity index (χ4n) is 3.03. The van der Waals surface area contributed by atoms with E-state index in [2.05, 4.69) is 10.6 Å². The molecule has 0 aliphatic carbocycles. The summed E-state index contributed by atoms with van der Waals surface area (Å²) in [6.45, 7) is 0.930. The zero-order valence-corrected chi connectivity index (χ0v) is 16.5. The van der Waals surface area contributed by atoms with Crippen LogP contribution >= 0.6 is 23.2 Å². The number of hydrogen-bond donors (Lipinski definition) is 2. The lowest BCUT2D eigenvalue weighted by molar-refractivity contribution is -0.132. The van der Waals surface area contributed by atoms with Crippen molar-refractivity contribution in [3.63, 3.8) is 0 Å². The fraction of sp³-hybridized carbons (Fsp3) is 0.250. The summed E-state index contributed by atoms with van der Waals surface area (Å²) in [5.41, 5.74) is 1.09. The van der Waals surface area contributed by atoms with Crippen LogP contribution < -0.4 is 15.5 Å². The van der Waals surface area contributed by atoms with Crippen LogP contribution in [0.2, 0.25) is 10.0 Å². The molecule has 2 aromatic carbocycles. The Morgan fingerprint density at radius 1 is 1.00 bits per heavy atom. The number of nitrogens with zero attached hydrogens (tertiary/aromatic N) is 1. The second kappa shape index (κ2) is 9.08. The summed E-state index contributed by atoms with van der Waals surface area (Å²) >= 11 is 11.8. The van der Waals surface area contributed by atoms with E-state index >= 15 is 0 Å². The highest BCUT2D eigenvalue weighted by Gasteiger charge is 2.37. The lowest BCUT2D eigenvalue weighted by Gasteiger charge is -2.17. The largest absolute Gasteiger partial charge is 0.354 e. The maximum atomic E-state index is 12.5. The first-order valence-corrected chi connectivity index (χ1v) is 9.60. The van der Waals surface area contributed by atoms with Crippen LogP contribution in [0.4, 0.5) is 5.69 Å². The van der Waals surface area contributed by atoms with Crippen molar-refractivity contribution >= 4 is 46.6 Å². The molecule has 2 aromatic rings. The van der Waals surface area contributed by atoms with Crippen molar-refractivity contribution < 1.29 is 14.4 Å². The molecule has 0 radical (unpaired) electrons. The molecular formula is C20H19Cl2N3O3. The number of carbonyl (C=O) groups is 3. The van der Waals surface area contributed by atoms with E-state index < -0.39 is 5.92 Å². The van der Waals surface area contributed by atoms with Gasteiger partial charge in [0, 0.05) is 30.3 Å². The van der Waals surface area contributed by atoms with Crippen LogP contribution in [0, 0.1) is 5.92 Å². The lowest BCUT2D eigenvalue weighted by Crippen LogP contribution is -2.40. The molecule has 1 atom stereocenters. The predicted molar refractivity (Wildman–Crippen MR) is 109 cm³/mol. The first-order valence-electron chi connectivity index (χ1n) is 8.85. The van der Waals surface area contributed by atoms with E-state index in [1.807, 2.05) is 0 Å². The molecule has 1 saturated heterocycles. The van der Waals surface area contributed by atoms with Crippen LogP contribution in [0.5, 0.6) is 0 Å². The minimum Gasteiger partial charge on any atom is -0.354 e. The SMILES string of the molecule is O=C(NCCNC(=O)C1CCN(c2ccc(Cl)cc2)C1=O)c1ccccc1Cl. The number of nitrogens with one attached hydrogen (secondary N) is 2. The molecule has 28 heavy (non-hydrogen) atoms. The molecule has 0 bridgehead atoms. The van der Waals surface area contributed by atoms with Crippen molar-refractivity contribution in [3.05, 3.63) is 64.1 Å². The van der Waals surface area contributed by atoms with Gasteiger partial charge in [-0.1, -0.05) is 35.3 Å². The molecule has 1 unspecified atom stereocenters. The third-order valence-corrected chi connectivity index (χ3v) is 5.07. The molecule has 146 valence electrons. The lowest BCUT2D eigenvalue weighted by atomic mass is 10.1. The first-order chi connectivity index (χ1) is 13.5. The van der Waals surface area contributed by atoms with Gasteiger partial charge in [-0.3, -0.25) is 14.4 Å². The minimum absolute atomic E-state index is 0.222. The maximum Gasteiger partial charge on any atom is 0.252 e. The highest BCUT2D eigenvalue weighted by molar-refractivity contribution is 6.33. The molecule has 3 amide bonds. The van der Waals surface area contributed by atoms with Gasteiger partial charge in [0.25, 0.3) is 5.91 Å². The standard InChI is InChI=1S/C20H19Cl2N3O3/c21-13-5-7-14(8-6-13)25-12-9-16(20(25)28)19(27)24-11-10-23-18(26)15-3-1-2-4-17(15)22/h1-8,16H,9-12H2,(H,23,26)(H,24,27). The number of hydrogen-bond acceptors (Lipinski definition) is 3. The average Bonchev–Trinajstić information content (AvgIpc) is 3.07. The molecule has 3 rings (SSSR count). The summed E-state index contributed by atoms with van der Waals surface area (Å²) in [7, 11) is 0. The van der Waals surface area contributed by atoms with Gasteiger partial charge in [-0.15, -0.1) is 0 Å². The Morgan fingerprint density at radius 2 is 1.68 bits per heavy atom. The number of carbonyl (C=O) groups excluding carboxylic acids is 3. The van der Waals surface area contributed by atoms with E-state index in [0.717, 1.165) is 5.69 Å². The monoisotopic (exact) mass is 419 g/mol. The van der Waals surface area contributed by atoms with E-state index in [1.165, 1.54) is 0 Å². The Labute approximate surface area is 172 Å². The zero-order valence-electron chi connectivity index (χ0n) is 15.0. The van der Waals surface area contributed by atoms with Gasteiger partial charge in [0.2, 0.25) is 11.8 Å². The Bertz CT molecular complexity index is 887. The van der Waals surface area contributed by atoms with Gasteiger partial charge in [0.05, 0.1) is 10.6 Å². The van der Waals surface area contributed by atoms with Crippen molar-refractivity contribution in [2.75, 3.05) is 24.5 Å². The summed E-state index contributed by atoms with van der Waals surface area (Å²) in [6, 6.07) is 13.6. The summed E-state index contributed by atoms with van der Waals surface area (Å²) in [4.78, 5) is 38.5. The molecule has 8 heteroatoms. The van der Waals surface area contributed by atoms with Crippen LogP contribution in [0.1, 0.15) is 16.8 Å². The van der Waals surface area contributed by atoms with Crippen molar-refractivity contribution in [2.45, 2.75) is 6.42 Å². The van der Waals surface area contributed by atoms with E-state index in [4.69, 9.17) is 23.2 Å². The normalized spacial score (nSPS) is 16.1. The highest BCUT2D eigenvalue weighted by atomic mass is 35.5. The molecule has 1 aliphatic rings. The second-order valence-electron chi connectivity index (χ2n) is 6.33. The van der Waals surface area contributed by atoms with Gasteiger partial charge in [-0.2, -0.15) is 0 Å². The van der Waals surface area contributed by atoms with Crippen LogP contribution in [-0.2, 0) is 9.59 Å². The Hall–Kier alpha value is -2.57. The predicted octanol–water partition coefficient (Wildman–Crippen LogP) is 2.89. The summed E-state index contributed by atoms with van der Waals surface area (Å²) in [6.07, 6.45) is 0.444. The van der Waals surface area contributed by atoms with Crippen LogP contribution in [0.25, 0.3) is 0 Å². The molecule has 0 spiro atoms. The molecule has 0 aromatic heterocycles. The van der Waals surface area contributed by atoms with E-state index in [-0.39, 0.29) is 30.8 Å². The molecule has 1 heterocycles. The Kier molecular flexibility index (Phi) is 6.54. The molecule has 1 fully saturated rings. The van der Waals surface area contributed by atoms with Gasteiger partial charge < -0.3 is 15.5 Å². The van der Waals surface area contributed by atoms with Crippen molar-refractivity contribution in [1.29, 1.82) is 0 Å². The number of benzene rings is 2. The summed E-state index contributed by atoms with van der Waals surface area (Å²) in [5.74, 6) is -1.62. The Morgan fingerprint density at radius 3 is 2.39 bits per heavy atom. The summed E-state index contributed by atoms with van der Waals surface area (Å²) < 4.78 is 0. The highest BCUT2D eigenvalue weighted by Crippen LogP contribution is 2.26. The molecule has 1 aliphatic heterocycles. The van der Waals surface area contributed by atoms with Crippen molar-refractivity contribution in [1.82, 2.24) is 10.6 Å². The third-order valence-electron chi connectivity index (χ3n) is 4.49. The van der Waals surface area contributed by atoms with Crippen LogP contribution in [0.3, 0.4) is 0 Å². The quantitative estimate of drug-likeness (QED) is 0.557. The number of anilines is 1. The van der Waals surface area contributed by atoms with Gasteiger partial charge in [-0.25, -0.2) is 0 Å². The van der Waals surface area contributed by atoms with Crippen LogP contribution in [-0.4, -0.2) is 37.4 Å². The van der Waals surface area contributed by atoms with E-state index in [0.29, 0.717) is 28.6 Å². The van der Waals surface area contributed by atoms with Gasteiger partial charge >= 0.3 is 0 Å². The molecule has 0 saturated carbocycles. The van der Waals surface area contributed by atoms with Crippen LogP contribution in [0.15, 0.2) is 48.5 Å². The van der Waals surface area contributed by atoms with E-state index in [1.54, 1.807) is 53.4 Å². The zero-order chi connectivity index (χ0) is 20.1. The van der Waals surface area contributed by atoms with Gasteiger partial charge in [0.15, 0.2) is 0 Å². The third kappa shape index (κ3) is 4.64.